The van der Waals surface area contributed by atoms with Crippen LogP contribution in [0.5, 0.6) is 5.75 Å². The van der Waals surface area contributed by atoms with Gasteiger partial charge in [0.15, 0.2) is 5.13 Å². The van der Waals surface area contributed by atoms with Crippen LogP contribution in [0.1, 0.15) is 11.3 Å². The molecule has 1 fully saturated rings. The lowest BCUT2D eigenvalue weighted by molar-refractivity contribution is -0.130. The molecule has 1 aliphatic rings. The van der Waals surface area contributed by atoms with Crippen molar-refractivity contribution in [2.75, 3.05) is 38.2 Å². The summed E-state index contributed by atoms with van der Waals surface area (Å²) >= 11 is 1.67. The van der Waals surface area contributed by atoms with Gasteiger partial charge in [0.2, 0.25) is 5.91 Å². The number of aryl methyl sites for hydroxylation is 1. The lowest BCUT2D eigenvalue weighted by Gasteiger charge is -2.34. The van der Waals surface area contributed by atoms with E-state index in [4.69, 9.17) is 4.74 Å². The SMILES string of the molecule is COc1cccc(CC(=O)N2CCN(c3nc(C)cs3)CC2)c1. The van der Waals surface area contributed by atoms with E-state index in [0.717, 1.165) is 48.3 Å². The monoisotopic (exact) mass is 331 g/mol. The first kappa shape index (κ1) is 15.8. The second-order valence-corrected chi connectivity index (χ2v) is 6.50. The van der Waals surface area contributed by atoms with Gasteiger partial charge in [0.05, 0.1) is 19.2 Å². The number of nitrogens with zero attached hydrogens (tertiary/aromatic N) is 3. The van der Waals surface area contributed by atoms with Crippen molar-refractivity contribution in [1.82, 2.24) is 9.88 Å². The van der Waals surface area contributed by atoms with Gasteiger partial charge in [-0.05, 0) is 24.6 Å². The molecule has 0 aliphatic carbocycles. The molecule has 0 unspecified atom stereocenters. The number of piperazine rings is 1. The zero-order valence-electron chi connectivity index (χ0n) is 13.5. The summed E-state index contributed by atoms with van der Waals surface area (Å²) in [6.07, 6.45) is 0.424. The maximum atomic E-state index is 12.5. The van der Waals surface area contributed by atoms with E-state index in [0.29, 0.717) is 6.42 Å². The molecule has 2 aromatic rings. The summed E-state index contributed by atoms with van der Waals surface area (Å²) in [5, 5.41) is 3.12. The van der Waals surface area contributed by atoms with Crippen LogP contribution in [-0.4, -0.2) is 49.1 Å². The molecule has 1 aromatic heterocycles. The Kier molecular flexibility index (Phi) is 4.81. The molecule has 6 heteroatoms. The minimum atomic E-state index is 0.174. The highest BCUT2D eigenvalue weighted by atomic mass is 32.1. The number of rotatable bonds is 4. The number of carbonyl (C=O) groups is 1. The minimum absolute atomic E-state index is 0.174. The summed E-state index contributed by atoms with van der Waals surface area (Å²) in [6, 6.07) is 7.70. The zero-order chi connectivity index (χ0) is 16.2. The second kappa shape index (κ2) is 7.00. The average Bonchev–Trinajstić information content (AvgIpc) is 3.01. The van der Waals surface area contributed by atoms with Crippen LogP contribution in [0, 0.1) is 6.92 Å². The fourth-order valence-corrected chi connectivity index (χ4v) is 3.56. The van der Waals surface area contributed by atoms with Gasteiger partial charge in [-0.2, -0.15) is 0 Å². The Balaban J connectivity index is 1.55. The van der Waals surface area contributed by atoms with Crippen LogP contribution in [0.15, 0.2) is 29.6 Å². The molecule has 1 amide bonds. The van der Waals surface area contributed by atoms with Gasteiger partial charge in [-0.25, -0.2) is 4.98 Å². The van der Waals surface area contributed by atoms with E-state index in [9.17, 15) is 4.79 Å². The Labute approximate surface area is 140 Å². The van der Waals surface area contributed by atoms with Crippen LogP contribution >= 0.6 is 11.3 Å². The van der Waals surface area contributed by atoms with Crippen LogP contribution in [0.2, 0.25) is 0 Å². The van der Waals surface area contributed by atoms with Crippen molar-refractivity contribution in [3.63, 3.8) is 0 Å². The number of thiazole rings is 1. The van der Waals surface area contributed by atoms with Gasteiger partial charge >= 0.3 is 0 Å². The lowest BCUT2D eigenvalue weighted by Crippen LogP contribution is -2.49. The van der Waals surface area contributed by atoms with E-state index in [1.54, 1.807) is 18.4 Å². The largest absolute Gasteiger partial charge is 0.497 e. The molecule has 0 atom stereocenters. The quantitative estimate of drug-likeness (QED) is 0.863. The van der Waals surface area contributed by atoms with Gasteiger partial charge in [0, 0.05) is 31.6 Å². The summed E-state index contributed by atoms with van der Waals surface area (Å²) in [4.78, 5) is 21.2. The number of hydrogen-bond donors (Lipinski definition) is 0. The Morgan fingerprint density at radius 1 is 1.30 bits per heavy atom. The van der Waals surface area contributed by atoms with Gasteiger partial charge in [-0.3, -0.25) is 4.79 Å². The molecular weight excluding hydrogens is 310 g/mol. The standard InChI is InChI=1S/C17H21N3O2S/c1-13-12-23-17(18-13)20-8-6-19(7-9-20)16(21)11-14-4-3-5-15(10-14)22-2/h3-5,10,12H,6-9,11H2,1-2H3. The number of carbonyl (C=O) groups excluding carboxylic acids is 1. The van der Waals surface area contributed by atoms with Crippen LogP contribution in [0.3, 0.4) is 0 Å². The normalized spacial score (nSPS) is 14.9. The Morgan fingerprint density at radius 3 is 2.74 bits per heavy atom. The Hall–Kier alpha value is -2.08. The molecule has 1 aliphatic heterocycles. The molecule has 5 nitrogen and oxygen atoms in total. The molecular formula is C17H21N3O2S. The summed E-state index contributed by atoms with van der Waals surface area (Å²) in [5.41, 5.74) is 2.05. The smallest absolute Gasteiger partial charge is 0.227 e. The van der Waals surface area contributed by atoms with Crippen molar-refractivity contribution in [2.45, 2.75) is 13.3 Å². The molecule has 0 bridgehead atoms. The number of aromatic nitrogens is 1. The molecule has 1 aromatic carbocycles. The summed E-state index contributed by atoms with van der Waals surface area (Å²) in [5.74, 6) is 0.965. The molecule has 2 heterocycles. The fourth-order valence-electron chi connectivity index (χ4n) is 2.70. The molecule has 1 saturated heterocycles. The Bertz CT molecular complexity index is 678. The van der Waals surface area contributed by atoms with Gasteiger partial charge in [0.25, 0.3) is 0 Å². The van der Waals surface area contributed by atoms with E-state index in [2.05, 4.69) is 15.3 Å². The van der Waals surface area contributed by atoms with E-state index in [1.165, 1.54) is 0 Å². The number of ether oxygens (including phenoxy) is 1. The van der Waals surface area contributed by atoms with E-state index >= 15 is 0 Å². The molecule has 23 heavy (non-hydrogen) atoms. The average molecular weight is 331 g/mol. The van der Waals surface area contributed by atoms with E-state index in [1.807, 2.05) is 36.1 Å². The zero-order valence-corrected chi connectivity index (χ0v) is 14.3. The predicted octanol–water partition coefficient (Wildman–Crippen LogP) is 2.35. The lowest BCUT2D eigenvalue weighted by atomic mass is 10.1. The van der Waals surface area contributed by atoms with Crippen LogP contribution in [0.4, 0.5) is 5.13 Å². The second-order valence-electron chi connectivity index (χ2n) is 5.67. The molecule has 3 rings (SSSR count). The van der Waals surface area contributed by atoms with Crippen molar-refractivity contribution in [2.24, 2.45) is 0 Å². The first-order valence-electron chi connectivity index (χ1n) is 7.73. The van der Waals surface area contributed by atoms with Crippen molar-refractivity contribution < 1.29 is 9.53 Å². The van der Waals surface area contributed by atoms with Crippen LogP contribution < -0.4 is 9.64 Å². The summed E-state index contributed by atoms with van der Waals surface area (Å²) in [7, 11) is 1.64. The van der Waals surface area contributed by atoms with E-state index in [-0.39, 0.29) is 5.91 Å². The molecule has 0 saturated carbocycles. The number of amides is 1. The summed E-state index contributed by atoms with van der Waals surface area (Å²) < 4.78 is 5.21. The first-order chi connectivity index (χ1) is 11.2. The van der Waals surface area contributed by atoms with Crippen molar-refractivity contribution in [3.8, 4) is 5.75 Å². The predicted molar refractivity (Wildman–Crippen MR) is 92.3 cm³/mol. The van der Waals surface area contributed by atoms with E-state index < -0.39 is 0 Å². The maximum Gasteiger partial charge on any atom is 0.227 e. The fraction of sp³-hybridized carbons (Fsp3) is 0.412. The van der Waals surface area contributed by atoms with Crippen molar-refractivity contribution in [3.05, 3.63) is 40.9 Å². The highest BCUT2D eigenvalue weighted by Gasteiger charge is 2.22. The highest BCUT2D eigenvalue weighted by Crippen LogP contribution is 2.21. The molecule has 0 radical (unpaired) electrons. The number of benzene rings is 1. The van der Waals surface area contributed by atoms with Crippen molar-refractivity contribution >= 4 is 22.4 Å². The minimum Gasteiger partial charge on any atom is -0.497 e. The molecule has 0 N–H and O–H groups in total. The summed E-state index contributed by atoms with van der Waals surface area (Å²) in [6.45, 7) is 5.20. The van der Waals surface area contributed by atoms with Crippen LogP contribution in [-0.2, 0) is 11.2 Å². The maximum absolute atomic E-state index is 12.5. The third-order valence-corrected chi connectivity index (χ3v) is 5.02. The van der Waals surface area contributed by atoms with Gasteiger partial charge in [-0.1, -0.05) is 12.1 Å². The Morgan fingerprint density at radius 2 is 2.09 bits per heavy atom. The third kappa shape index (κ3) is 3.82. The van der Waals surface area contributed by atoms with Gasteiger partial charge < -0.3 is 14.5 Å². The van der Waals surface area contributed by atoms with Gasteiger partial charge in [0.1, 0.15) is 5.75 Å². The first-order valence-corrected chi connectivity index (χ1v) is 8.61. The van der Waals surface area contributed by atoms with Gasteiger partial charge in [-0.15, -0.1) is 11.3 Å². The molecule has 122 valence electrons. The number of methoxy groups -OCH3 is 1. The topological polar surface area (TPSA) is 45.7 Å². The third-order valence-electron chi connectivity index (χ3n) is 4.00. The number of hydrogen-bond acceptors (Lipinski definition) is 5. The van der Waals surface area contributed by atoms with Crippen LogP contribution in [0.25, 0.3) is 0 Å². The highest BCUT2D eigenvalue weighted by molar-refractivity contribution is 7.13. The van der Waals surface area contributed by atoms with Crippen molar-refractivity contribution in [1.29, 1.82) is 0 Å². The molecule has 0 spiro atoms. The number of anilines is 1.